The number of nitrogens with two attached hydrogens (primary N) is 1. The first-order valence-corrected chi connectivity index (χ1v) is 6.20. The monoisotopic (exact) mass is 258 g/mol. The minimum absolute atomic E-state index is 0.240. The van der Waals surface area contributed by atoms with Gasteiger partial charge in [-0.05, 0) is 24.3 Å². The number of aliphatic hydroxyl groups is 1. The zero-order valence-electron chi connectivity index (χ0n) is 10.6. The van der Waals surface area contributed by atoms with Crippen LogP contribution in [0.4, 0.5) is 11.4 Å². The van der Waals surface area contributed by atoms with Crippen molar-refractivity contribution < 1.29 is 9.84 Å². The van der Waals surface area contributed by atoms with Crippen LogP contribution in [0.1, 0.15) is 0 Å². The standard InChI is InChI=1S/C15H18N2O2/c16-14-8-4-5-9-15(14)17-10-12(18)11-19-13-6-2-1-3-7-13/h1-9,12,17-18H,10-11,16H2. The molecule has 0 amide bonds. The van der Waals surface area contributed by atoms with Crippen LogP contribution in [0.3, 0.4) is 0 Å². The maximum absolute atomic E-state index is 9.83. The molecule has 100 valence electrons. The molecule has 19 heavy (non-hydrogen) atoms. The zero-order chi connectivity index (χ0) is 13.5. The first-order chi connectivity index (χ1) is 9.25. The Morgan fingerprint density at radius 1 is 1.05 bits per heavy atom. The summed E-state index contributed by atoms with van der Waals surface area (Å²) in [6.45, 7) is 0.630. The van der Waals surface area contributed by atoms with E-state index >= 15 is 0 Å². The third kappa shape index (κ3) is 4.19. The van der Waals surface area contributed by atoms with E-state index in [2.05, 4.69) is 5.32 Å². The SMILES string of the molecule is Nc1ccccc1NCC(O)COc1ccccc1. The number of hydrogen-bond donors (Lipinski definition) is 3. The molecule has 0 aromatic heterocycles. The summed E-state index contributed by atoms with van der Waals surface area (Å²) in [5.41, 5.74) is 7.28. The molecular weight excluding hydrogens is 240 g/mol. The highest BCUT2D eigenvalue weighted by molar-refractivity contribution is 5.65. The van der Waals surface area contributed by atoms with Gasteiger partial charge in [0.15, 0.2) is 0 Å². The van der Waals surface area contributed by atoms with E-state index in [0.717, 1.165) is 11.4 Å². The molecule has 4 heteroatoms. The number of nitrogen functional groups attached to an aromatic ring is 1. The molecule has 0 spiro atoms. The number of ether oxygens (including phenoxy) is 1. The van der Waals surface area contributed by atoms with E-state index in [1.54, 1.807) is 0 Å². The molecule has 0 aliphatic carbocycles. The van der Waals surface area contributed by atoms with E-state index in [0.29, 0.717) is 12.2 Å². The number of rotatable bonds is 6. The molecule has 4 N–H and O–H groups in total. The van der Waals surface area contributed by atoms with Crippen LogP contribution in [0.25, 0.3) is 0 Å². The second-order valence-electron chi connectivity index (χ2n) is 4.25. The van der Waals surface area contributed by atoms with Crippen molar-refractivity contribution in [3.8, 4) is 5.75 Å². The number of nitrogens with one attached hydrogen (secondary N) is 1. The fraction of sp³-hybridized carbons (Fsp3) is 0.200. The summed E-state index contributed by atoms with van der Waals surface area (Å²) < 4.78 is 5.47. The smallest absolute Gasteiger partial charge is 0.119 e. The minimum atomic E-state index is -0.597. The lowest BCUT2D eigenvalue weighted by atomic mass is 10.2. The predicted octanol–water partition coefficient (Wildman–Crippen LogP) is 2.12. The highest BCUT2D eigenvalue weighted by Gasteiger charge is 2.06. The molecule has 0 saturated heterocycles. The van der Waals surface area contributed by atoms with Crippen LogP contribution in [0.15, 0.2) is 54.6 Å². The summed E-state index contributed by atoms with van der Waals surface area (Å²) in [5, 5.41) is 12.9. The summed E-state index contributed by atoms with van der Waals surface area (Å²) in [4.78, 5) is 0. The molecule has 0 bridgehead atoms. The van der Waals surface area contributed by atoms with E-state index in [4.69, 9.17) is 10.5 Å². The van der Waals surface area contributed by atoms with Gasteiger partial charge < -0.3 is 20.9 Å². The summed E-state index contributed by atoms with van der Waals surface area (Å²) in [7, 11) is 0. The van der Waals surface area contributed by atoms with Crippen LogP contribution in [0.2, 0.25) is 0 Å². The molecule has 0 aliphatic rings. The van der Waals surface area contributed by atoms with Crippen LogP contribution in [-0.4, -0.2) is 24.4 Å². The lowest BCUT2D eigenvalue weighted by molar-refractivity contribution is 0.117. The molecule has 2 rings (SSSR count). The zero-order valence-corrected chi connectivity index (χ0v) is 10.6. The van der Waals surface area contributed by atoms with Crippen molar-refractivity contribution in [3.05, 3.63) is 54.6 Å². The van der Waals surface area contributed by atoms with Gasteiger partial charge in [0.25, 0.3) is 0 Å². The molecule has 2 aromatic carbocycles. The van der Waals surface area contributed by atoms with Gasteiger partial charge in [0.2, 0.25) is 0 Å². The molecule has 4 nitrogen and oxygen atoms in total. The predicted molar refractivity (Wildman–Crippen MR) is 77.3 cm³/mol. The van der Waals surface area contributed by atoms with E-state index in [1.807, 2.05) is 54.6 Å². The quantitative estimate of drug-likeness (QED) is 0.694. The van der Waals surface area contributed by atoms with Crippen molar-refractivity contribution in [1.82, 2.24) is 0 Å². The highest BCUT2D eigenvalue weighted by atomic mass is 16.5. The Balaban J connectivity index is 1.76. The Bertz CT molecular complexity index is 503. The van der Waals surface area contributed by atoms with Crippen LogP contribution < -0.4 is 15.8 Å². The van der Waals surface area contributed by atoms with E-state index in [9.17, 15) is 5.11 Å². The van der Waals surface area contributed by atoms with Gasteiger partial charge in [0, 0.05) is 6.54 Å². The summed E-state index contributed by atoms with van der Waals surface area (Å²) in [6, 6.07) is 16.9. The van der Waals surface area contributed by atoms with Gasteiger partial charge in [0.05, 0.1) is 11.4 Å². The first kappa shape index (κ1) is 13.2. The van der Waals surface area contributed by atoms with Crippen molar-refractivity contribution in [1.29, 1.82) is 0 Å². The second-order valence-corrected chi connectivity index (χ2v) is 4.25. The van der Waals surface area contributed by atoms with E-state index in [1.165, 1.54) is 0 Å². The van der Waals surface area contributed by atoms with E-state index in [-0.39, 0.29) is 6.61 Å². The Kier molecular flexibility index (Phi) is 4.64. The van der Waals surface area contributed by atoms with E-state index < -0.39 is 6.10 Å². The topological polar surface area (TPSA) is 67.5 Å². The molecule has 0 saturated carbocycles. The Morgan fingerprint density at radius 3 is 2.47 bits per heavy atom. The average molecular weight is 258 g/mol. The number of hydrogen-bond acceptors (Lipinski definition) is 4. The Morgan fingerprint density at radius 2 is 1.74 bits per heavy atom. The summed E-state index contributed by atoms with van der Waals surface area (Å²) in [5.74, 6) is 0.751. The summed E-state index contributed by atoms with van der Waals surface area (Å²) in [6.07, 6.45) is -0.597. The van der Waals surface area contributed by atoms with Gasteiger partial charge in [0.1, 0.15) is 18.5 Å². The second kappa shape index (κ2) is 6.66. The number of anilines is 2. The first-order valence-electron chi connectivity index (χ1n) is 6.20. The van der Waals surface area contributed by atoms with Gasteiger partial charge in [-0.15, -0.1) is 0 Å². The third-order valence-corrected chi connectivity index (χ3v) is 2.67. The Labute approximate surface area is 112 Å². The molecular formula is C15H18N2O2. The maximum Gasteiger partial charge on any atom is 0.119 e. The molecule has 0 aliphatic heterocycles. The molecule has 0 fully saturated rings. The van der Waals surface area contributed by atoms with Gasteiger partial charge in [-0.25, -0.2) is 0 Å². The van der Waals surface area contributed by atoms with Crippen molar-refractivity contribution in [2.75, 3.05) is 24.2 Å². The molecule has 1 atom stereocenters. The molecule has 0 heterocycles. The van der Waals surface area contributed by atoms with Crippen molar-refractivity contribution in [2.45, 2.75) is 6.10 Å². The van der Waals surface area contributed by atoms with Crippen LogP contribution in [-0.2, 0) is 0 Å². The van der Waals surface area contributed by atoms with Crippen LogP contribution >= 0.6 is 0 Å². The van der Waals surface area contributed by atoms with Gasteiger partial charge in [-0.1, -0.05) is 30.3 Å². The van der Waals surface area contributed by atoms with Crippen LogP contribution in [0.5, 0.6) is 5.75 Å². The number of benzene rings is 2. The van der Waals surface area contributed by atoms with Crippen molar-refractivity contribution in [3.63, 3.8) is 0 Å². The average Bonchev–Trinajstić information content (AvgIpc) is 2.45. The van der Waals surface area contributed by atoms with Gasteiger partial charge in [-0.2, -0.15) is 0 Å². The fourth-order valence-corrected chi connectivity index (χ4v) is 1.65. The Hall–Kier alpha value is -2.20. The van der Waals surface area contributed by atoms with Crippen molar-refractivity contribution in [2.24, 2.45) is 0 Å². The van der Waals surface area contributed by atoms with Crippen LogP contribution in [0, 0.1) is 0 Å². The molecule has 0 radical (unpaired) electrons. The highest BCUT2D eigenvalue weighted by Crippen LogP contribution is 2.16. The summed E-state index contributed by atoms with van der Waals surface area (Å²) >= 11 is 0. The third-order valence-electron chi connectivity index (χ3n) is 2.67. The fourth-order valence-electron chi connectivity index (χ4n) is 1.65. The largest absolute Gasteiger partial charge is 0.491 e. The van der Waals surface area contributed by atoms with Crippen molar-refractivity contribution >= 4 is 11.4 Å². The number of para-hydroxylation sites is 3. The number of aliphatic hydroxyl groups excluding tert-OH is 1. The van der Waals surface area contributed by atoms with Gasteiger partial charge in [-0.3, -0.25) is 0 Å². The molecule has 1 unspecified atom stereocenters. The molecule has 2 aromatic rings. The van der Waals surface area contributed by atoms with Gasteiger partial charge >= 0.3 is 0 Å². The normalized spacial score (nSPS) is 11.8. The lowest BCUT2D eigenvalue weighted by Crippen LogP contribution is -2.26. The minimum Gasteiger partial charge on any atom is -0.491 e. The maximum atomic E-state index is 9.83. The lowest BCUT2D eigenvalue weighted by Gasteiger charge is -2.15.